The molecular weight excluding hydrogens is 251 g/mol. The van der Waals surface area contributed by atoms with Gasteiger partial charge in [-0.25, -0.2) is 18.9 Å². The summed E-state index contributed by atoms with van der Waals surface area (Å²) in [5, 5.41) is 3.95. The Labute approximate surface area is 109 Å². The Balaban J connectivity index is 2.07. The van der Waals surface area contributed by atoms with E-state index in [2.05, 4.69) is 10.1 Å². The van der Waals surface area contributed by atoms with E-state index in [4.69, 9.17) is 10.5 Å². The third kappa shape index (κ3) is 2.87. The van der Waals surface area contributed by atoms with Gasteiger partial charge in [-0.1, -0.05) is 0 Å². The molecule has 0 unspecified atom stereocenters. The summed E-state index contributed by atoms with van der Waals surface area (Å²) in [5.41, 5.74) is 5.77. The van der Waals surface area contributed by atoms with Crippen molar-refractivity contribution in [1.29, 1.82) is 0 Å². The lowest BCUT2D eigenvalue weighted by Crippen LogP contribution is -2.12. The molecule has 0 aliphatic rings. The molecule has 0 bridgehead atoms. The van der Waals surface area contributed by atoms with Gasteiger partial charge in [0.2, 0.25) is 0 Å². The summed E-state index contributed by atoms with van der Waals surface area (Å²) in [6.07, 6.45) is 1.38. The molecule has 0 fully saturated rings. The lowest BCUT2D eigenvalue weighted by Gasteiger charge is -2.07. The Morgan fingerprint density at radius 1 is 1.53 bits per heavy atom. The van der Waals surface area contributed by atoms with Gasteiger partial charge in [-0.05, 0) is 25.1 Å². The van der Waals surface area contributed by atoms with Gasteiger partial charge in [-0.3, -0.25) is 0 Å². The zero-order valence-electron chi connectivity index (χ0n) is 10.3. The zero-order chi connectivity index (χ0) is 13.8. The summed E-state index contributed by atoms with van der Waals surface area (Å²) in [5.74, 6) is -0.716. The van der Waals surface area contributed by atoms with Gasteiger partial charge in [-0.2, -0.15) is 5.10 Å². The van der Waals surface area contributed by atoms with Crippen LogP contribution >= 0.6 is 0 Å². The van der Waals surface area contributed by atoms with Gasteiger partial charge in [-0.15, -0.1) is 0 Å². The summed E-state index contributed by atoms with van der Waals surface area (Å²) >= 11 is 0. The van der Waals surface area contributed by atoms with Gasteiger partial charge in [0.25, 0.3) is 0 Å². The molecule has 2 aromatic rings. The fourth-order valence-corrected chi connectivity index (χ4v) is 1.58. The standard InChI is InChI=1S/C12H13FN4O2/c1-2-17-11(15-7-16-17)6-19-12(18)9-5-8(13)3-4-10(9)14/h3-5,7H,2,6,14H2,1H3. The van der Waals surface area contributed by atoms with E-state index in [0.29, 0.717) is 12.4 Å². The van der Waals surface area contributed by atoms with Crippen LogP contribution in [0.4, 0.5) is 10.1 Å². The Hall–Kier alpha value is -2.44. The largest absolute Gasteiger partial charge is 0.454 e. The molecule has 6 nitrogen and oxygen atoms in total. The second-order valence-corrected chi connectivity index (χ2v) is 3.80. The van der Waals surface area contributed by atoms with Crippen LogP contribution in [0, 0.1) is 5.82 Å². The number of nitrogen functional groups attached to an aromatic ring is 1. The molecule has 1 heterocycles. The van der Waals surface area contributed by atoms with Crippen molar-refractivity contribution in [2.24, 2.45) is 0 Å². The van der Waals surface area contributed by atoms with E-state index in [-0.39, 0.29) is 17.9 Å². The van der Waals surface area contributed by atoms with Gasteiger partial charge in [0.15, 0.2) is 12.4 Å². The molecule has 7 heteroatoms. The van der Waals surface area contributed by atoms with E-state index >= 15 is 0 Å². The van der Waals surface area contributed by atoms with Gasteiger partial charge in [0.1, 0.15) is 12.1 Å². The van der Waals surface area contributed by atoms with E-state index in [1.807, 2.05) is 6.92 Å². The number of ether oxygens (including phenoxy) is 1. The van der Waals surface area contributed by atoms with Crippen LogP contribution in [-0.4, -0.2) is 20.7 Å². The quantitative estimate of drug-likeness (QED) is 0.666. The minimum absolute atomic E-state index is 0.00237. The third-order valence-electron chi connectivity index (χ3n) is 2.56. The van der Waals surface area contributed by atoms with E-state index in [1.54, 1.807) is 4.68 Å². The molecule has 0 spiro atoms. The fourth-order valence-electron chi connectivity index (χ4n) is 1.58. The highest BCUT2D eigenvalue weighted by Gasteiger charge is 2.14. The predicted molar refractivity (Wildman–Crippen MR) is 65.6 cm³/mol. The predicted octanol–water partition coefficient (Wildman–Crippen LogP) is 1.38. The van der Waals surface area contributed by atoms with Crippen LogP contribution < -0.4 is 5.73 Å². The molecule has 0 saturated heterocycles. The summed E-state index contributed by atoms with van der Waals surface area (Å²) in [6.45, 7) is 2.47. The number of rotatable bonds is 4. The molecule has 2 N–H and O–H groups in total. The Morgan fingerprint density at radius 2 is 2.32 bits per heavy atom. The van der Waals surface area contributed by atoms with Crippen molar-refractivity contribution in [1.82, 2.24) is 14.8 Å². The number of aromatic nitrogens is 3. The number of hydrogen-bond acceptors (Lipinski definition) is 5. The second-order valence-electron chi connectivity index (χ2n) is 3.80. The summed E-state index contributed by atoms with van der Waals surface area (Å²) in [4.78, 5) is 15.7. The molecule has 0 saturated carbocycles. The first-order valence-corrected chi connectivity index (χ1v) is 5.70. The first kappa shape index (κ1) is 13.0. The number of nitrogens with zero attached hydrogens (tertiary/aromatic N) is 3. The molecule has 19 heavy (non-hydrogen) atoms. The molecule has 1 aromatic heterocycles. The molecule has 1 aromatic carbocycles. The van der Waals surface area contributed by atoms with Crippen LogP contribution in [-0.2, 0) is 17.9 Å². The van der Waals surface area contributed by atoms with Crippen LogP contribution in [0.5, 0.6) is 0 Å². The van der Waals surface area contributed by atoms with Crippen LogP contribution in [0.3, 0.4) is 0 Å². The Kier molecular flexibility index (Phi) is 3.74. The van der Waals surface area contributed by atoms with Gasteiger partial charge in [0.05, 0.1) is 5.56 Å². The molecule has 0 aliphatic heterocycles. The maximum atomic E-state index is 13.1. The summed E-state index contributed by atoms with van der Waals surface area (Å²) < 4.78 is 19.7. The number of nitrogens with two attached hydrogens (primary N) is 1. The van der Waals surface area contributed by atoms with E-state index in [0.717, 1.165) is 6.07 Å². The number of aryl methyl sites for hydroxylation is 1. The number of anilines is 1. The van der Waals surface area contributed by atoms with E-state index in [9.17, 15) is 9.18 Å². The van der Waals surface area contributed by atoms with Crippen LogP contribution in [0.15, 0.2) is 24.5 Å². The van der Waals surface area contributed by atoms with Crippen molar-refractivity contribution in [3.8, 4) is 0 Å². The first-order valence-electron chi connectivity index (χ1n) is 5.70. The summed E-state index contributed by atoms with van der Waals surface area (Å²) in [7, 11) is 0. The van der Waals surface area contributed by atoms with Crippen molar-refractivity contribution >= 4 is 11.7 Å². The number of halogens is 1. The highest BCUT2D eigenvalue weighted by molar-refractivity contribution is 5.94. The number of carbonyl (C=O) groups is 1. The van der Waals surface area contributed by atoms with Crippen LogP contribution in [0.25, 0.3) is 0 Å². The Morgan fingerprint density at radius 3 is 3.05 bits per heavy atom. The van der Waals surface area contributed by atoms with Crippen LogP contribution in [0.2, 0.25) is 0 Å². The molecule has 0 radical (unpaired) electrons. The molecule has 0 amide bonds. The number of benzene rings is 1. The monoisotopic (exact) mass is 264 g/mol. The van der Waals surface area contributed by atoms with Crippen molar-refractivity contribution in [3.05, 3.63) is 41.7 Å². The third-order valence-corrected chi connectivity index (χ3v) is 2.56. The highest BCUT2D eigenvalue weighted by Crippen LogP contribution is 2.15. The topological polar surface area (TPSA) is 83.0 Å². The lowest BCUT2D eigenvalue weighted by atomic mass is 10.2. The molecule has 100 valence electrons. The minimum Gasteiger partial charge on any atom is -0.454 e. The molecular formula is C12H13FN4O2. The fraction of sp³-hybridized carbons (Fsp3) is 0.250. The van der Waals surface area contributed by atoms with Crippen molar-refractivity contribution in [3.63, 3.8) is 0 Å². The summed E-state index contributed by atoms with van der Waals surface area (Å²) in [6, 6.07) is 3.54. The highest BCUT2D eigenvalue weighted by atomic mass is 19.1. The maximum Gasteiger partial charge on any atom is 0.340 e. The van der Waals surface area contributed by atoms with Crippen molar-refractivity contribution < 1.29 is 13.9 Å². The maximum absolute atomic E-state index is 13.1. The average Bonchev–Trinajstić information content (AvgIpc) is 2.86. The number of esters is 1. The molecule has 0 aliphatic carbocycles. The second kappa shape index (κ2) is 5.47. The van der Waals surface area contributed by atoms with Crippen molar-refractivity contribution in [2.75, 3.05) is 5.73 Å². The van der Waals surface area contributed by atoms with Crippen molar-refractivity contribution in [2.45, 2.75) is 20.1 Å². The van der Waals surface area contributed by atoms with Gasteiger partial charge in [0, 0.05) is 12.2 Å². The molecule has 2 rings (SSSR count). The lowest BCUT2D eigenvalue weighted by molar-refractivity contribution is 0.0457. The van der Waals surface area contributed by atoms with E-state index in [1.165, 1.54) is 18.5 Å². The number of carbonyl (C=O) groups excluding carboxylic acids is 1. The molecule has 0 atom stereocenters. The smallest absolute Gasteiger partial charge is 0.340 e. The van der Waals surface area contributed by atoms with Gasteiger partial charge >= 0.3 is 5.97 Å². The van der Waals surface area contributed by atoms with Gasteiger partial charge < -0.3 is 10.5 Å². The zero-order valence-corrected chi connectivity index (χ0v) is 10.3. The van der Waals surface area contributed by atoms with E-state index < -0.39 is 11.8 Å². The normalized spacial score (nSPS) is 10.4. The first-order chi connectivity index (χ1) is 9.11. The SMILES string of the molecule is CCn1ncnc1COC(=O)c1cc(F)ccc1N. The number of hydrogen-bond donors (Lipinski definition) is 1. The van der Waals surface area contributed by atoms with Crippen LogP contribution in [0.1, 0.15) is 23.1 Å². The average molecular weight is 264 g/mol. The Bertz CT molecular complexity index is 597. The minimum atomic E-state index is -0.692.